The quantitative estimate of drug-likeness (QED) is 0.815. The number of fused-ring (bicyclic) bond motifs is 1. The van der Waals surface area contributed by atoms with Crippen LogP contribution in [0.5, 0.6) is 0 Å². The molecule has 0 aliphatic rings. The molecule has 2 aromatic rings. The smallest absolute Gasteiger partial charge is 0.341 e. The van der Waals surface area contributed by atoms with Crippen molar-refractivity contribution < 1.29 is 19.4 Å². The molecule has 0 aliphatic carbocycles. The van der Waals surface area contributed by atoms with Crippen molar-refractivity contribution in [1.29, 1.82) is 0 Å². The summed E-state index contributed by atoms with van der Waals surface area (Å²) in [7, 11) is 4.45. The summed E-state index contributed by atoms with van der Waals surface area (Å²) >= 11 is 0. The molecule has 106 valence electrons. The van der Waals surface area contributed by atoms with Crippen molar-refractivity contribution in [2.45, 2.75) is 6.92 Å². The number of aryl methyl sites for hydroxylation is 2. The second-order valence-electron chi connectivity index (χ2n) is 4.50. The molecular formula is C13H14N2O5. The number of carboxylic acids is 1. The standard InChI is InChI=1S/C13H14N2O5/c1-6-8(13(19)20-4)9-10(15(6)3)11(16)7(12(17)18)5-14(9)2/h5H,1-4H3,(H,17,18). The summed E-state index contributed by atoms with van der Waals surface area (Å²) in [5, 5.41) is 9.06. The maximum absolute atomic E-state index is 12.3. The molecule has 0 atom stereocenters. The number of ether oxygens (including phenoxy) is 1. The Hall–Kier alpha value is -2.57. The fourth-order valence-electron chi connectivity index (χ4n) is 2.33. The largest absolute Gasteiger partial charge is 0.477 e. The van der Waals surface area contributed by atoms with Crippen LogP contribution in [-0.2, 0) is 18.8 Å². The molecule has 7 heteroatoms. The Labute approximate surface area is 114 Å². The third kappa shape index (κ3) is 1.70. The van der Waals surface area contributed by atoms with Crippen LogP contribution < -0.4 is 5.43 Å². The normalized spacial score (nSPS) is 10.8. The highest BCUT2D eigenvalue weighted by atomic mass is 16.5. The first-order valence-electron chi connectivity index (χ1n) is 5.81. The summed E-state index contributed by atoms with van der Waals surface area (Å²) in [4.78, 5) is 35.2. The van der Waals surface area contributed by atoms with Crippen LogP contribution in [0.2, 0.25) is 0 Å². The summed E-state index contributed by atoms with van der Waals surface area (Å²) in [6, 6.07) is 0. The monoisotopic (exact) mass is 278 g/mol. The number of hydrogen-bond acceptors (Lipinski definition) is 4. The van der Waals surface area contributed by atoms with Gasteiger partial charge in [-0.2, -0.15) is 0 Å². The van der Waals surface area contributed by atoms with Gasteiger partial charge in [-0.1, -0.05) is 0 Å². The zero-order valence-corrected chi connectivity index (χ0v) is 11.6. The van der Waals surface area contributed by atoms with Gasteiger partial charge >= 0.3 is 11.9 Å². The number of nitrogens with zero attached hydrogens (tertiary/aromatic N) is 2. The van der Waals surface area contributed by atoms with Gasteiger partial charge in [-0.25, -0.2) is 9.59 Å². The molecular weight excluding hydrogens is 264 g/mol. The first kappa shape index (κ1) is 13.9. The van der Waals surface area contributed by atoms with Crippen LogP contribution in [0, 0.1) is 6.92 Å². The molecule has 0 aliphatic heterocycles. The fourth-order valence-corrected chi connectivity index (χ4v) is 2.33. The number of hydrogen-bond donors (Lipinski definition) is 1. The SMILES string of the molecule is COC(=O)c1c(C)n(C)c2c(=O)c(C(=O)O)cn(C)c12. The molecule has 20 heavy (non-hydrogen) atoms. The van der Waals surface area contributed by atoms with E-state index in [4.69, 9.17) is 9.84 Å². The van der Waals surface area contributed by atoms with Gasteiger partial charge in [-0.15, -0.1) is 0 Å². The Morgan fingerprint density at radius 1 is 1.25 bits per heavy atom. The second-order valence-corrected chi connectivity index (χ2v) is 4.50. The molecule has 0 fully saturated rings. The predicted molar refractivity (Wildman–Crippen MR) is 71.2 cm³/mol. The van der Waals surface area contributed by atoms with Crippen molar-refractivity contribution in [3.63, 3.8) is 0 Å². The lowest BCUT2D eigenvalue weighted by molar-refractivity contribution is 0.0600. The Morgan fingerprint density at radius 3 is 2.35 bits per heavy atom. The first-order valence-corrected chi connectivity index (χ1v) is 5.81. The van der Waals surface area contributed by atoms with Gasteiger partial charge in [-0.05, 0) is 6.92 Å². The van der Waals surface area contributed by atoms with E-state index < -0.39 is 17.4 Å². The number of carboxylic acid groups (broad SMARTS) is 1. The minimum absolute atomic E-state index is 0.172. The highest BCUT2D eigenvalue weighted by Gasteiger charge is 2.25. The van der Waals surface area contributed by atoms with Crippen LogP contribution >= 0.6 is 0 Å². The zero-order valence-electron chi connectivity index (χ0n) is 11.6. The van der Waals surface area contributed by atoms with Crippen molar-refractivity contribution >= 4 is 23.0 Å². The van der Waals surface area contributed by atoms with Crippen LogP contribution in [0.25, 0.3) is 11.0 Å². The van der Waals surface area contributed by atoms with Gasteiger partial charge in [0.1, 0.15) is 16.6 Å². The number of carbonyl (C=O) groups is 2. The van der Waals surface area contributed by atoms with E-state index in [1.807, 2.05) is 0 Å². The molecule has 7 nitrogen and oxygen atoms in total. The van der Waals surface area contributed by atoms with Crippen molar-refractivity contribution in [1.82, 2.24) is 9.13 Å². The number of rotatable bonds is 2. The van der Waals surface area contributed by atoms with Crippen LogP contribution in [0.1, 0.15) is 26.4 Å². The van der Waals surface area contributed by atoms with E-state index in [9.17, 15) is 14.4 Å². The molecule has 0 spiro atoms. The fraction of sp³-hybridized carbons (Fsp3) is 0.308. The number of carbonyl (C=O) groups excluding carboxylic acids is 1. The number of pyridine rings is 1. The minimum Gasteiger partial charge on any atom is -0.477 e. The van der Waals surface area contributed by atoms with E-state index in [2.05, 4.69) is 0 Å². The topological polar surface area (TPSA) is 90.5 Å². The number of aromatic nitrogens is 2. The molecule has 0 aromatic carbocycles. The summed E-state index contributed by atoms with van der Waals surface area (Å²) in [6.45, 7) is 1.67. The van der Waals surface area contributed by atoms with Gasteiger partial charge in [-0.3, -0.25) is 4.79 Å². The molecule has 1 N–H and O–H groups in total. The van der Waals surface area contributed by atoms with E-state index in [-0.39, 0.29) is 16.6 Å². The molecule has 2 rings (SSSR count). The predicted octanol–water partition coefficient (Wildman–Crippen LogP) is 0.670. The molecule has 0 saturated carbocycles. The van der Waals surface area contributed by atoms with E-state index >= 15 is 0 Å². The van der Waals surface area contributed by atoms with Gasteiger partial charge in [0.15, 0.2) is 0 Å². The van der Waals surface area contributed by atoms with E-state index in [1.165, 1.54) is 22.4 Å². The van der Waals surface area contributed by atoms with Crippen molar-refractivity contribution in [2.24, 2.45) is 14.1 Å². The Balaban J connectivity index is 3.06. The molecule has 0 amide bonds. The summed E-state index contributed by atoms with van der Waals surface area (Å²) < 4.78 is 7.70. The Bertz CT molecular complexity index is 797. The van der Waals surface area contributed by atoms with Gasteiger partial charge in [0.25, 0.3) is 0 Å². The highest BCUT2D eigenvalue weighted by molar-refractivity contribution is 6.05. The van der Waals surface area contributed by atoms with E-state index in [0.717, 1.165) is 0 Å². The third-order valence-electron chi connectivity index (χ3n) is 3.42. The summed E-state index contributed by atoms with van der Waals surface area (Å²) in [6.07, 6.45) is 1.21. The highest BCUT2D eigenvalue weighted by Crippen LogP contribution is 2.23. The Morgan fingerprint density at radius 2 is 1.85 bits per heavy atom. The zero-order chi connectivity index (χ0) is 15.2. The molecule has 2 aromatic heterocycles. The molecule has 0 unspecified atom stereocenters. The maximum atomic E-state index is 12.3. The van der Waals surface area contributed by atoms with Crippen LogP contribution in [0.3, 0.4) is 0 Å². The minimum atomic E-state index is -1.30. The van der Waals surface area contributed by atoms with E-state index in [0.29, 0.717) is 11.2 Å². The molecule has 0 bridgehead atoms. The van der Waals surface area contributed by atoms with Crippen LogP contribution in [0.15, 0.2) is 11.0 Å². The van der Waals surface area contributed by atoms with Crippen molar-refractivity contribution in [3.8, 4) is 0 Å². The maximum Gasteiger partial charge on any atom is 0.341 e. The average Bonchev–Trinajstić information content (AvgIpc) is 2.66. The van der Waals surface area contributed by atoms with Gasteiger partial charge < -0.3 is 19.0 Å². The van der Waals surface area contributed by atoms with Gasteiger partial charge in [0, 0.05) is 26.0 Å². The van der Waals surface area contributed by atoms with Crippen LogP contribution in [-0.4, -0.2) is 33.3 Å². The molecule has 0 saturated heterocycles. The van der Waals surface area contributed by atoms with Gasteiger partial charge in [0.05, 0.1) is 12.6 Å². The molecule has 2 heterocycles. The Kier molecular flexibility index (Phi) is 3.13. The lowest BCUT2D eigenvalue weighted by Gasteiger charge is -2.05. The lowest BCUT2D eigenvalue weighted by Crippen LogP contribution is -2.19. The van der Waals surface area contributed by atoms with Gasteiger partial charge in [0.2, 0.25) is 5.43 Å². The van der Waals surface area contributed by atoms with Crippen molar-refractivity contribution in [3.05, 3.63) is 33.2 Å². The number of methoxy groups -OCH3 is 1. The summed E-state index contributed by atoms with van der Waals surface area (Å²) in [5.74, 6) is -1.86. The molecule has 0 radical (unpaired) electrons. The van der Waals surface area contributed by atoms with E-state index in [1.54, 1.807) is 21.0 Å². The number of aromatic carboxylic acids is 1. The van der Waals surface area contributed by atoms with Crippen LogP contribution in [0.4, 0.5) is 0 Å². The summed E-state index contributed by atoms with van der Waals surface area (Å²) in [5.41, 5.74) is 0.393. The third-order valence-corrected chi connectivity index (χ3v) is 3.42. The second kappa shape index (κ2) is 4.52. The van der Waals surface area contributed by atoms with Crippen molar-refractivity contribution in [2.75, 3.05) is 7.11 Å². The first-order chi connectivity index (χ1) is 9.31. The number of esters is 1. The lowest BCUT2D eigenvalue weighted by atomic mass is 10.2. The average molecular weight is 278 g/mol.